The van der Waals surface area contributed by atoms with Gasteiger partial charge in [0.25, 0.3) is 15.9 Å². The Hall–Kier alpha value is -3.62. The molecule has 0 unspecified atom stereocenters. The maximum Gasteiger partial charge on any atom is 0.263 e. The number of aryl methyl sites for hydroxylation is 2. The minimum Gasteiger partial charge on any atom is -0.348 e. The fourth-order valence-corrected chi connectivity index (χ4v) is 5.07. The van der Waals surface area contributed by atoms with E-state index in [9.17, 15) is 13.2 Å². The number of benzene rings is 3. The average Bonchev–Trinajstić information content (AvgIpc) is 3.25. The lowest BCUT2D eigenvalue weighted by Crippen LogP contribution is -2.24. The number of carbonyl (C=O) groups excluding carboxylic acids is 1. The van der Waals surface area contributed by atoms with Gasteiger partial charge in [-0.2, -0.15) is 0 Å². The highest BCUT2D eigenvalue weighted by Crippen LogP contribution is 2.25. The maximum atomic E-state index is 12.9. The lowest BCUT2D eigenvalue weighted by Gasteiger charge is -2.14. The first-order valence-corrected chi connectivity index (χ1v) is 12.4. The monoisotopic (exact) mass is 494 g/mol. The first-order chi connectivity index (χ1) is 16.2. The molecule has 4 rings (SSSR count). The molecule has 0 saturated heterocycles. The third kappa shape index (κ3) is 5.13. The van der Waals surface area contributed by atoms with Crippen molar-refractivity contribution in [2.45, 2.75) is 25.3 Å². The molecule has 1 amide bonds. The van der Waals surface area contributed by atoms with Crippen molar-refractivity contribution in [2.24, 2.45) is 0 Å². The van der Waals surface area contributed by atoms with E-state index < -0.39 is 15.9 Å². The highest BCUT2D eigenvalue weighted by molar-refractivity contribution is 7.92. The summed E-state index contributed by atoms with van der Waals surface area (Å²) < 4.78 is 30.3. The van der Waals surface area contributed by atoms with Gasteiger partial charge in [-0.05, 0) is 55.8 Å². The van der Waals surface area contributed by atoms with Gasteiger partial charge in [0.1, 0.15) is 10.7 Å². The molecule has 0 saturated carbocycles. The van der Waals surface area contributed by atoms with Crippen LogP contribution in [-0.2, 0) is 16.6 Å². The summed E-state index contributed by atoms with van der Waals surface area (Å²) in [4.78, 5) is 17.0. The topological polar surface area (TPSA) is 93.1 Å². The van der Waals surface area contributed by atoms with Crippen molar-refractivity contribution in [2.75, 3.05) is 4.72 Å². The van der Waals surface area contributed by atoms with Gasteiger partial charge in [0.2, 0.25) is 0 Å². The van der Waals surface area contributed by atoms with Gasteiger partial charge < -0.3 is 9.88 Å². The van der Waals surface area contributed by atoms with Crippen molar-refractivity contribution in [3.8, 4) is 5.69 Å². The molecule has 2 N–H and O–H groups in total. The fourth-order valence-electron chi connectivity index (χ4n) is 3.49. The Labute approximate surface area is 203 Å². The van der Waals surface area contributed by atoms with Crippen LogP contribution in [0.4, 0.5) is 5.69 Å². The van der Waals surface area contributed by atoms with Crippen LogP contribution in [0.15, 0.2) is 84.0 Å². The number of amides is 1. The van der Waals surface area contributed by atoms with E-state index in [2.05, 4.69) is 15.0 Å². The highest BCUT2D eigenvalue weighted by atomic mass is 35.5. The normalized spacial score (nSPS) is 11.3. The average molecular weight is 495 g/mol. The lowest BCUT2D eigenvalue weighted by molar-refractivity contribution is 0.0950. The Morgan fingerprint density at radius 2 is 1.76 bits per heavy atom. The molecule has 3 aromatic carbocycles. The van der Waals surface area contributed by atoms with Crippen LogP contribution in [0.1, 0.15) is 27.3 Å². The molecule has 1 aromatic heterocycles. The van der Waals surface area contributed by atoms with E-state index >= 15 is 0 Å². The SMILES string of the molecule is Cc1ccc(NS(=O)(=O)c2cc(C(=O)NCc3ccccc3-n3ccnc3C)ccc2Cl)cc1. The number of imidazole rings is 1. The summed E-state index contributed by atoms with van der Waals surface area (Å²) in [5.74, 6) is 0.410. The van der Waals surface area contributed by atoms with Crippen molar-refractivity contribution in [1.82, 2.24) is 14.9 Å². The second kappa shape index (κ2) is 9.70. The summed E-state index contributed by atoms with van der Waals surface area (Å²) in [6.45, 7) is 4.06. The molecular weight excluding hydrogens is 472 g/mol. The number of halogens is 1. The lowest BCUT2D eigenvalue weighted by atomic mass is 10.1. The van der Waals surface area contributed by atoms with Gasteiger partial charge in [-0.3, -0.25) is 9.52 Å². The van der Waals surface area contributed by atoms with Gasteiger partial charge in [-0.15, -0.1) is 0 Å². The summed E-state index contributed by atoms with van der Waals surface area (Å²) in [5, 5.41) is 2.89. The van der Waals surface area contributed by atoms with Crippen LogP contribution in [0, 0.1) is 13.8 Å². The van der Waals surface area contributed by atoms with E-state index in [1.165, 1.54) is 18.2 Å². The molecule has 0 aliphatic heterocycles. The molecule has 1 heterocycles. The van der Waals surface area contributed by atoms with Gasteiger partial charge in [0.15, 0.2) is 0 Å². The predicted octanol–water partition coefficient (Wildman–Crippen LogP) is 4.87. The van der Waals surface area contributed by atoms with Crippen LogP contribution in [0.2, 0.25) is 5.02 Å². The highest BCUT2D eigenvalue weighted by Gasteiger charge is 2.21. The standard InChI is InChI=1S/C25H23ClN4O3S/c1-17-7-10-21(11-8-17)29-34(32,33)24-15-19(9-12-22(24)26)25(31)28-16-20-5-3-4-6-23(20)30-14-13-27-18(30)2/h3-15,29H,16H2,1-2H3,(H,28,31). The van der Waals surface area contributed by atoms with E-state index in [4.69, 9.17) is 11.6 Å². The molecular formula is C25H23ClN4O3S. The third-order valence-corrected chi connectivity index (χ3v) is 7.17. The molecule has 0 spiro atoms. The van der Waals surface area contributed by atoms with Crippen molar-refractivity contribution in [1.29, 1.82) is 0 Å². The van der Waals surface area contributed by atoms with Crippen LogP contribution in [0.3, 0.4) is 0 Å². The first-order valence-electron chi connectivity index (χ1n) is 10.5. The van der Waals surface area contributed by atoms with Crippen molar-refractivity contribution < 1.29 is 13.2 Å². The summed E-state index contributed by atoms with van der Waals surface area (Å²) in [6, 6.07) is 18.8. The number of anilines is 1. The van der Waals surface area contributed by atoms with Crippen LogP contribution in [-0.4, -0.2) is 23.9 Å². The minimum absolute atomic E-state index is 0.0251. The molecule has 34 heavy (non-hydrogen) atoms. The Bertz CT molecular complexity index is 1450. The minimum atomic E-state index is -3.99. The molecule has 0 bridgehead atoms. The number of hydrogen-bond acceptors (Lipinski definition) is 4. The predicted molar refractivity (Wildman–Crippen MR) is 133 cm³/mol. The number of para-hydroxylation sites is 1. The van der Waals surface area contributed by atoms with Gasteiger partial charge >= 0.3 is 0 Å². The molecule has 4 aromatic rings. The number of nitrogens with zero attached hydrogens (tertiary/aromatic N) is 2. The maximum absolute atomic E-state index is 12.9. The number of hydrogen-bond donors (Lipinski definition) is 2. The number of aromatic nitrogens is 2. The first kappa shape index (κ1) is 23.5. The largest absolute Gasteiger partial charge is 0.348 e. The van der Waals surface area contributed by atoms with Gasteiger partial charge in [0, 0.05) is 30.2 Å². The van der Waals surface area contributed by atoms with Gasteiger partial charge in [-0.1, -0.05) is 47.5 Å². The van der Waals surface area contributed by atoms with Crippen LogP contribution < -0.4 is 10.0 Å². The summed E-state index contributed by atoms with van der Waals surface area (Å²) in [6.07, 6.45) is 3.57. The van der Waals surface area contributed by atoms with E-state index in [-0.39, 0.29) is 22.0 Å². The Kier molecular flexibility index (Phi) is 6.72. The van der Waals surface area contributed by atoms with E-state index in [0.717, 1.165) is 22.6 Å². The zero-order chi connectivity index (χ0) is 24.3. The summed E-state index contributed by atoms with van der Waals surface area (Å²) in [7, 11) is -3.99. The summed E-state index contributed by atoms with van der Waals surface area (Å²) >= 11 is 6.18. The summed E-state index contributed by atoms with van der Waals surface area (Å²) in [5.41, 5.74) is 3.39. The molecule has 0 radical (unpaired) electrons. The smallest absolute Gasteiger partial charge is 0.263 e. The molecule has 174 valence electrons. The second-order valence-corrected chi connectivity index (χ2v) is 9.83. The van der Waals surface area contributed by atoms with Crippen molar-refractivity contribution in [3.63, 3.8) is 0 Å². The van der Waals surface area contributed by atoms with Crippen LogP contribution >= 0.6 is 11.6 Å². The van der Waals surface area contributed by atoms with Gasteiger partial charge in [-0.25, -0.2) is 13.4 Å². The molecule has 9 heteroatoms. The zero-order valence-corrected chi connectivity index (χ0v) is 20.2. The van der Waals surface area contributed by atoms with E-state index in [1.807, 2.05) is 48.9 Å². The number of nitrogens with one attached hydrogen (secondary N) is 2. The van der Waals surface area contributed by atoms with Crippen molar-refractivity contribution >= 4 is 33.2 Å². The Balaban J connectivity index is 1.54. The Morgan fingerprint density at radius 1 is 1.03 bits per heavy atom. The molecule has 7 nitrogen and oxygen atoms in total. The quantitative estimate of drug-likeness (QED) is 0.383. The van der Waals surface area contributed by atoms with E-state index in [1.54, 1.807) is 30.5 Å². The van der Waals surface area contributed by atoms with Gasteiger partial charge in [0.05, 0.1) is 10.7 Å². The molecule has 0 atom stereocenters. The third-order valence-electron chi connectivity index (χ3n) is 5.30. The number of carbonyl (C=O) groups is 1. The second-order valence-electron chi connectivity index (χ2n) is 7.77. The molecule has 0 aliphatic carbocycles. The van der Waals surface area contributed by atoms with Crippen LogP contribution in [0.25, 0.3) is 5.69 Å². The number of sulfonamides is 1. The fraction of sp³-hybridized carbons (Fsp3) is 0.120. The molecule has 0 aliphatic rings. The zero-order valence-electron chi connectivity index (χ0n) is 18.6. The molecule has 0 fully saturated rings. The van der Waals surface area contributed by atoms with Crippen molar-refractivity contribution in [3.05, 3.63) is 107 Å². The number of rotatable bonds is 7. The van der Waals surface area contributed by atoms with E-state index in [0.29, 0.717) is 5.69 Å². The van der Waals surface area contributed by atoms with Crippen LogP contribution in [0.5, 0.6) is 0 Å². The Morgan fingerprint density at radius 3 is 2.47 bits per heavy atom.